The van der Waals surface area contributed by atoms with Gasteiger partial charge in [-0.15, -0.1) is 0 Å². The Hall–Kier alpha value is -1.43. The van der Waals surface area contributed by atoms with Gasteiger partial charge in [-0.3, -0.25) is 4.79 Å². The normalized spacial score (nSPS) is 26.6. The fraction of sp³-hybridized carbons (Fsp3) is 0.562. The average Bonchev–Trinajstić information content (AvgIpc) is 2.79. The first-order chi connectivity index (χ1) is 9.90. The molecule has 1 heterocycles. The first-order valence-electron chi connectivity index (χ1n) is 7.35. The smallest absolute Gasteiger partial charge is 0.241 e. The van der Waals surface area contributed by atoms with Crippen molar-refractivity contribution >= 4 is 11.6 Å². The number of rotatable bonds is 5. The Balaban J connectivity index is 1.84. The van der Waals surface area contributed by atoms with Crippen LogP contribution < -0.4 is 10.6 Å². The van der Waals surface area contributed by atoms with E-state index < -0.39 is 5.60 Å². The van der Waals surface area contributed by atoms with E-state index in [4.69, 9.17) is 4.74 Å². The van der Waals surface area contributed by atoms with Gasteiger partial charge in [0.05, 0.1) is 12.1 Å². The van der Waals surface area contributed by atoms with Crippen LogP contribution >= 0.6 is 0 Å². The van der Waals surface area contributed by atoms with Gasteiger partial charge < -0.3 is 20.5 Å². The summed E-state index contributed by atoms with van der Waals surface area (Å²) in [5, 5.41) is 16.3. The SMILES string of the molecule is Cc1ccc(NC(=O)C(C)NCC2(O)CCOC2C)cc1. The highest BCUT2D eigenvalue weighted by molar-refractivity contribution is 5.94. The predicted octanol–water partition coefficient (Wildman–Crippen LogP) is 1.45. The second-order valence-corrected chi connectivity index (χ2v) is 5.82. The molecule has 0 bridgehead atoms. The van der Waals surface area contributed by atoms with E-state index in [0.717, 1.165) is 11.3 Å². The van der Waals surface area contributed by atoms with E-state index in [1.807, 2.05) is 38.1 Å². The van der Waals surface area contributed by atoms with E-state index >= 15 is 0 Å². The van der Waals surface area contributed by atoms with Gasteiger partial charge in [0.15, 0.2) is 0 Å². The summed E-state index contributed by atoms with van der Waals surface area (Å²) in [5.41, 5.74) is 1.03. The van der Waals surface area contributed by atoms with E-state index in [1.165, 1.54) is 0 Å². The van der Waals surface area contributed by atoms with Crippen LogP contribution in [0.25, 0.3) is 0 Å². The molecule has 0 spiro atoms. The van der Waals surface area contributed by atoms with Gasteiger partial charge in [-0.2, -0.15) is 0 Å². The Morgan fingerprint density at radius 3 is 2.71 bits per heavy atom. The van der Waals surface area contributed by atoms with Crippen molar-refractivity contribution in [3.8, 4) is 0 Å². The van der Waals surface area contributed by atoms with Gasteiger partial charge in [0.1, 0.15) is 5.60 Å². The van der Waals surface area contributed by atoms with E-state index in [0.29, 0.717) is 19.6 Å². The monoisotopic (exact) mass is 292 g/mol. The molecule has 1 aromatic carbocycles. The molecular formula is C16H24N2O3. The topological polar surface area (TPSA) is 70.6 Å². The Labute approximate surface area is 125 Å². The lowest BCUT2D eigenvalue weighted by Crippen LogP contribution is -2.50. The van der Waals surface area contributed by atoms with Crippen LogP contribution in [0.3, 0.4) is 0 Å². The number of nitrogens with one attached hydrogen (secondary N) is 2. The molecule has 5 heteroatoms. The summed E-state index contributed by atoms with van der Waals surface area (Å²) in [6.07, 6.45) is 0.380. The third-order valence-electron chi connectivity index (χ3n) is 4.09. The highest BCUT2D eigenvalue weighted by Gasteiger charge is 2.39. The van der Waals surface area contributed by atoms with E-state index in [9.17, 15) is 9.90 Å². The van der Waals surface area contributed by atoms with Gasteiger partial charge in [-0.05, 0) is 32.9 Å². The number of carbonyl (C=O) groups excluding carboxylic acids is 1. The Bertz CT molecular complexity index is 489. The number of ether oxygens (including phenoxy) is 1. The summed E-state index contributed by atoms with van der Waals surface area (Å²) in [6.45, 7) is 6.54. The fourth-order valence-electron chi connectivity index (χ4n) is 2.31. The third kappa shape index (κ3) is 4.03. The van der Waals surface area contributed by atoms with Crippen molar-refractivity contribution in [2.75, 3.05) is 18.5 Å². The van der Waals surface area contributed by atoms with E-state index in [-0.39, 0.29) is 18.1 Å². The molecule has 0 aliphatic carbocycles. The first-order valence-corrected chi connectivity index (χ1v) is 7.35. The molecule has 0 saturated carbocycles. The molecule has 1 saturated heterocycles. The van der Waals surface area contributed by atoms with Crippen molar-refractivity contribution in [1.29, 1.82) is 0 Å². The number of aliphatic hydroxyl groups is 1. The lowest BCUT2D eigenvalue weighted by atomic mass is 9.96. The number of carbonyl (C=O) groups is 1. The van der Waals surface area contributed by atoms with Crippen molar-refractivity contribution in [1.82, 2.24) is 5.32 Å². The standard InChI is InChI=1S/C16H24N2O3/c1-11-4-6-14(7-5-11)18-15(19)12(2)17-10-16(20)8-9-21-13(16)3/h4-7,12-13,17,20H,8-10H2,1-3H3,(H,18,19). The van der Waals surface area contributed by atoms with Crippen LogP contribution in [-0.4, -0.2) is 41.9 Å². The Kier molecular flexibility index (Phi) is 4.98. The first kappa shape index (κ1) is 15.9. The zero-order chi connectivity index (χ0) is 15.5. The quantitative estimate of drug-likeness (QED) is 0.768. The molecule has 3 unspecified atom stereocenters. The number of hydrogen-bond donors (Lipinski definition) is 3. The van der Waals surface area contributed by atoms with E-state index in [2.05, 4.69) is 10.6 Å². The molecule has 21 heavy (non-hydrogen) atoms. The molecule has 1 amide bonds. The average molecular weight is 292 g/mol. The third-order valence-corrected chi connectivity index (χ3v) is 4.09. The molecule has 0 aromatic heterocycles. The number of hydrogen-bond acceptors (Lipinski definition) is 4. The van der Waals surface area contributed by atoms with Crippen molar-refractivity contribution in [3.05, 3.63) is 29.8 Å². The van der Waals surface area contributed by atoms with Crippen molar-refractivity contribution in [3.63, 3.8) is 0 Å². The molecule has 116 valence electrons. The van der Waals surface area contributed by atoms with Gasteiger partial charge in [-0.1, -0.05) is 17.7 Å². The van der Waals surface area contributed by atoms with E-state index in [1.54, 1.807) is 6.92 Å². The molecule has 2 rings (SSSR count). The maximum atomic E-state index is 12.1. The van der Waals surface area contributed by atoms with Crippen LogP contribution in [0.1, 0.15) is 25.8 Å². The molecule has 3 atom stereocenters. The van der Waals surface area contributed by atoms with Gasteiger partial charge in [-0.25, -0.2) is 0 Å². The summed E-state index contributed by atoms with van der Waals surface area (Å²) in [7, 11) is 0. The minimum atomic E-state index is -0.890. The predicted molar refractivity (Wildman–Crippen MR) is 82.3 cm³/mol. The summed E-state index contributed by atoms with van der Waals surface area (Å²) in [5.74, 6) is -0.117. The second-order valence-electron chi connectivity index (χ2n) is 5.82. The summed E-state index contributed by atoms with van der Waals surface area (Å²) in [6, 6.07) is 7.27. The Morgan fingerprint density at radius 2 is 2.14 bits per heavy atom. The molecule has 1 aromatic rings. The molecule has 1 aliphatic rings. The van der Waals surface area contributed by atoms with Crippen molar-refractivity contribution < 1.29 is 14.6 Å². The minimum Gasteiger partial charge on any atom is -0.386 e. The molecule has 3 N–H and O–H groups in total. The van der Waals surface area contributed by atoms with Crippen LogP contribution in [-0.2, 0) is 9.53 Å². The molecule has 5 nitrogen and oxygen atoms in total. The summed E-state index contributed by atoms with van der Waals surface area (Å²) < 4.78 is 5.38. The summed E-state index contributed by atoms with van der Waals surface area (Å²) in [4.78, 5) is 12.1. The van der Waals surface area contributed by atoms with Gasteiger partial charge in [0, 0.05) is 25.3 Å². The summed E-state index contributed by atoms with van der Waals surface area (Å²) >= 11 is 0. The minimum absolute atomic E-state index is 0.117. The maximum Gasteiger partial charge on any atom is 0.241 e. The van der Waals surface area contributed by atoms with Crippen molar-refractivity contribution in [2.24, 2.45) is 0 Å². The number of anilines is 1. The molecule has 0 radical (unpaired) electrons. The van der Waals surface area contributed by atoms with Crippen LogP contribution in [0, 0.1) is 6.92 Å². The zero-order valence-corrected chi connectivity index (χ0v) is 12.8. The Morgan fingerprint density at radius 1 is 1.48 bits per heavy atom. The second kappa shape index (κ2) is 6.56. The highest BCUT2D eigenvalue weighted by atomic mass is 16.5. The van der Waals surface area contributed by atoms with Crippen molar-refractivity contribution in [2.45, 2.75) is 44.9 Å². The fourth-order valence-corrected chi connectivity index (χ4v) is 2.31. The van der Waals surface area contributed by atoms with Crippen LogP contribution in [0.15, 0.2) is 24.3 Å². The molecular weight excluding hydrogens is 268 g/mol. The van der Waals surface area contributed by atoms with Gasteiger partial charge >= 0.3 is 0 Å². The lowest BCUT2D eigenvalue weighted by Gasteiger charge is -2.27. The largest absolute Gasteiger partial charge is 0.386 e. The number of benzene rings is 1. The molecule has 1 fully saturated rings. The number of aryl methyl sites for hydroxylation is 1. The van der Waals surface area contributed by atoms with Crippen LogP contribution in [0.5, 0.6) is 0 Å². The highest BCUT2D eigenvalue weighted by Crippen LogP contribution is 2.24. The molecule has 1 aliphatic heterocycles. The maximum absolute atomic E-state index is 12.1. The van der Waals surface area contributed by atoms with Crippen LogP contribution in [0.4, 0.5) is 5.69 Å². The zero-order valence-electron chi connectivity index (χ0n) is 12.8. The van der Waals surface area contributed by atoms with Crippen LogP contribution in [0.2, 0.25) is 0 Å². The van der Waals surface area contributed by atoms with Gasteiger partial charge in [0.25, 0.3) is 0 Å². The lowest BCUT2D eigenvalue weighted by molar-refractivity contribution is -0.118. The number of amides is 1. The van der Waals surface area contributed by atoms with Gasteiger partial charge in [0.2, 0.25) is 5.91 Å².